The SMILES string of the molecule is Cc1nc(C)n(Cc2cn(-c3ccc(Cl)c(Cl)c3)nn2)n1. The highest BCUT2D eigenvalue weighted by Gasteiger charge is 2.08. The predicted molar refractivity (Wildman–Crippen MR) is 80.0 cm³/mol. The Hall–Kier alpha value is -1.92. The predicted octanol–water partition coefficient (Wildman–Crippen LogP) is 2.83. The van der Waals surface area contributed by atoms with Crippen LogP contribution in [-0.4, -0.2) is 29.8 Å². The van der Waals surface area contributed by atoms with Crippen molar-refractivity contribution in [3.8, 4) is 5.69 Å². The number of aryl methyl sites for hydroxylation is 2. The molecule has 2 heterocycles. The molecule has 108 valence electrons. The number of hydrogen-bond acceptors (Lipinski definition) is 4. The number of hydrogen-bond donors (Lipinski definition) is 0. The van der Waals surface area contributed by atoms with Gasteiger partial charge in [-0.15, -0.1) is 5.10 Å². The first-order chi connectivity index (χ1) is 10.0. The minimum Gasteiger partial charge on any atom is -0.244 e. The highest BCUT2D eigenvalue weighted by molar-refractivity contribution is 6.42. The Morgan fingerprint density at radius 2 is 1.95 bits per heavy atom. The van der Waals surface area contributed by atoms with Gasteiger partial charge in [-0.3, -0.25) is 0 Å². The van der Waals surface area contributed by atoms with E-state index in [1.165, 1.54) is 0 Å². The van der Waals surface area contributed by atoms with Gasteiger partial charge >= 0.3 is 0 Å². The third-order valence-electron chi connectivity index (χ3n) is 2.98. The molecule has 0 N–H and O–H groups in total. The lowest BCUT2D eigenvalue weighted by atomic mass is 10.3. The monoisotopic (exact) mass is 322 g/mol. The van der Waals surface area contributed by atoms with Crippen molar-refractivity contribution in [1.82, 2.24) is 29.8 Å². The van der Waals surface area contributed by atoms with E-state index in [0.717, 1.165) is 23.0 Å². The van der Waals surface area contributed by atoms with Crippen molar-refractivity contribution in [3.63, 3.8) is 0 Å². The van der Waals surface area contributed by atoms with Crippen molar-refractivity contribution < 1.29 is 0 Å². The van der Waals surface area contributed by atoms with Gasteiger partial charge in [0.15, 0.2) is 0 Å². The van der Waals surface area contributed by atoms with Gasteiger partial charge < -0.3 is 0 Å². The summed E-state index contributed by atoms with van der Waals surface area (Å²) in [6, 6.07) is 5.30. The van der Waals surface area contributed by atoms with Gasteiger partial charge in [0, 0.05) is 0 Å². The van der Waals surface area contributed by atoms with Crippen LogP contribution in [0.2, 0.25) is 10.0 Å². The molecule has 8 heteroatoms. The molecule has 0 amide bonds. The van der Waals surface area contributed by atoms with Gasteiger partial charge in [-0.2, -0.15) is 5.10 Å². The van der Waals surface area contributed by atoms with Crippen LogP contribution in [0.3, 0.4) is 0 Å². The zero-order valence-electron chi connectivity index (χ0n) is 11.5. The van der Waals surface area contributed by atoms with Crippen molar-refractivity contribution in [1.29, 1.82) is 0 Å². The number of benzene rings is 1. The zero-order chi connectivity index (χ0) is 15.0. The molecule has 0 atom stereocenters. The number of aromatic nitrogens is 6. The minimum atomic E-state index is 0.481. The Morgan fingerprint density at radius 3 is 2.62 bits per heavy atom. The molecular weight excluding hydrogens is 311 g/mol. The maximum atomic E-state index is 6.01. The van der Waals surface area contributed by atoms with Gasteiger partial charge in [-0.05, 0) is 32.0 Å². The molecule has 0 saturated heterocycles. The minimum absolute atomic E-state index is 0.481. The average Bonchev–Trinajstić information content (AvgIpc) is 3.01. The summed E-state index contributed by atoms with van der Waals surface area (Å²) in [7, 11) is 0. The second-order valence-electron chi connectivity index (χ2n) is 4.62. The second-order valence-corrected chi connectivity index (χ2v) is 5.43. The number of nitrogens with zero attached hydrogens (tertiary/aromatic N) is 6. The number of halogens is 2. The lowest BCUT2D eigenvalue weighted by Crippen LogP contribution is -2.04. The van der Waals surface area contributed by atoms with Crippen molar-refractivity contribution in [3.05, 3.63) is 51.8 Å². The standard InChI is InChI=1S/C13H12Cl2N6/c1-8-16-9(2)20(18-8)6-10-7-21(19-17-10)11-3-4-12(14)13(15)5-11/h3-5,7H,6H2,1-2H3. The summed E-state index contributed by atoms with van der Waals surface area (Å²) in [5, 5.41) is 13.5. The highest BCUT2D eigenvalue weighted by Crippen LogP contribution is 2.24. The van der Waals surface area contributed by atoms with Crippen molar-refractivity contribution in [2.24, 2.45) is 0 Å². The summed E-state index contributed by atoms with van der Waals surface area (Å²) >= 11 is 11.9. The first-order valence-corrected chi connectivity index (χ1v) is 7.03. The van der Waals surface area contributed by atoms with E-state index in [2.05, 4.69) is 20.4 Å². The molecule has 0 spiro atoms. The van der Waals surface area contributed by atoms with Crippen LogP contribution >= 0.6 is 23.2 Å². The van der Waals surface area contributed by atoms with Gasteiger partial charge in [0.2, 0.25) is 0 Å². The Balaban J connectivity index is 1.86. The van der Waals surface area contributed by atoms with E-state index in [1.807, 2.05) is 26.1 Å². The largest absolute Gasteiger partial charge is 0.244 e. The van der Waals surface area contributed by atoms with Crippen molar-refractivity contribution in [2.75, 3.05) is 0 Å². The van der Waals surface area contributed by atoms with Crippen molar-refractivity contribution in [2.45, 2.75) is 20.4 Å². The summed E-state index contributed by atoms with van der Waals surface area (Å²) in [6.45, 7) is 4.29. The van der Waals surface area contributed by atoms with Crippen molar-refractivity contribution >= 4 is 23.2 Å². The van der Waals surface area contributed by atoms with Gasteiger partial charge in [0.1, 0.15) is 17.3 Å². The second kappa shape index (κ2) is 5.46. The Labute approximate surface area is 131 Å². The lowest BCUT2D eigenvalue weighted by molar-refractivity contribution is 0.642. The van der Waals surface area contributed by atoms with Crippen LogP contribution in [0.25, 0.3) is 5.69 Å². The molecule has 0 fully saturated rings. The molecule has 21 heavy (non-hydrogen) atoms. The zero-order valence-corrected chi connectivity index (χ0v) is 13.0. The molecule has 2 aromatic heterocycles. The van der Waals surface area contributed by atoms with E-state index in [0.29, 0.717) is 16.6 Å². The van der Waals surface area contributed by atoms with Crippen LogP contribution in [-0.2, 0) is 6.54 Å². The summed E-state index contributed by atoms with van der Waals surface area (Å²) in [5.74, 6) is 1.58. The fourth-order valence-corrected chi connectivity index (χ4v) is 2.28. The molecule has 1 aromatic carbocycles. The first kappa shape index (κ1) is 14.0. The lowest BCUT2D eigenvalue weighted by Gasteiger charge is -2.01. The van der Waals surface area contributed by atoms with E-state index in [-0.39, 0.29) is 0 Å². The summed E-state index contributed by atoms with van der Waals surface area (Å²) in [4.78, 5) is 4.26. The van der Waals surface area contributed by atoms with Gasteiger partial charge in [0.05, 0.1) is 28.5 Å². The van der Waals surface area contributed by atoms with Crippen LogP contribution < -0.4 is 0 Å². The Kier molecular flexibility index (Phi) is 3.65. The molecule has 0 radical (unpaired) electrons. The quantitative estimate of drug-likeness (QED) is 0.743. The van der Waals surface area contributed by atoms with Gasteiger partial charge in [-0.25, -0.2) is 14.3 Å². The fourth-order valence-electron chi connectivity index (χ4n) is 1.99. The highest BCUT2D eigenvalue weighted by atomic mass is 35.5. The van der Waals surface area contributed by atoms with Crippen LogP contribution in [0.4, 0.5) is 0 Å². The van der Waals surface area contributed by atoms with E-state index in [4.69, 9.17) is 23.2 Å². The molecule has 6 nitrogen and oxygen atoms in total. The molecule has 0 aliphatic rings. The van der Waals surface area contributed by atoms with E-state index >= 15 is 0 Å². The third kappa shape index (κ3) is 2.91. The van der Waals surface area contributed by atoms with E-state index < -0.39 is 0 Å². The van der Waals surface area contributed by atoms with Gasteiger partial charge in [0.25, 0.3) is 0 Å². The van der Waals surface area contributed by atoms with Gasteiger partial charge in [-0.1, -0.05) is 28.4 Å². The Morgan fingerprint density at radius 1 is 1.14 bits per heavy atom. The average molecular weight is 323 g/mol. The number of rotatable bonds is 3. The van der Waals surface area contributed by atoms with Crippen LogP contribution in [0.5, 0.6) is 0 Å². The summed E-state index contributed by atoms with van der Waals surface area (Å²) in [5.41, 5.74) is 1.59. The Bertz CT molecular complexity index is 792. The molecular formula is C13H12Cl2N6. The molecule has 0 bridgehead atoms. The third-order valence-corrected chi connectivity index (χ3v) is 3.72. The summed E-state index contributed by atoms with van der Waals surface area (Å²) in [6.07, 6.45) is 1.83. The normalized spacial score (nSPS) is 11.0. The topological polar surface area (TPSA) is 61.4 Å². The van der Waals surface area contributed by atoms with E-state index in [9.17, 15) is 0 Å². The first-order valence-electron chi connectivity index (χ1n) is 6.27. The molecule has 0 unspecified atom stereocenters. The maximum absolute atomic E-state index is 6.01. The van der Waals surface area contributed by atoms with E-state index in [1.54, 1.807) is 21.5 Å². The summed E-state index contributed by atoms with van der Waals surface area (Å²) < 4.78 is 3.44. The molecule has 0 aliphatic carbocycles. The molecule has 0 saturated carbocycles. The smallest absolute Gasteiger partial charge is 0.147 e. The van der Waals surface area contributed by atoms with Crippen LogP contribution in [0.1, 0.15) is 17.3 Å². The maximum Gasteiger partial charge on any atom is 0.147 e. The van der Waals surface area contributed by atoms with Crippen LogP contribution in [0, 0.1) is 13.8 Å². The molecule has 3 aromatic rings. The fraction of sp³-hybridized carbons (Fsp3) is 0.231. The molecule has 0 aliphatic heterocycles. The van der Waals surface area contributed by atoms with Crippen LogP contribution in [0.15, 0.2) is 24.4 Å². The molecule has 3 rings (SSSR count).